The Labute approximate surface area is 162 Å². The third kappa shape index (κ3) is 4.68. The molecule has 27 heavy (non-hydrogen) atoms. The Balaban J connectivity index is 1.79. The van der Waals surface area contributed by atoms with Crippen LogP contribution in [-0.4, -0.2) is 43.6 Å². The zero-order valence-electron chi connectivity index (χ0n) is 15.5. The molecule has 0 saturated carbocycles. The Morgan fingerprint density at radius 1 is 1.26 bits per heavy atom. The van der Waals surface area contributed by atoms with E-state index in [-0.39, 0.29) is 18.7 Å². The standard InChI is InChI=1S/C19H24N2O5S/c1-3-13-17(18(22)24-4-2)14(21-19(23)20-13)11-27-12-6-7-15-16(10-12)26-9-5-8-25-15/h6-7,10,13H,3-5,8-9,11H2,1-2H3,(H2,20,21,23)/t13-/m0/s1. The molecular formula is C19H24N2O5S. The zero-order valence-corrected chi connectivity index (χ0v) is 16.3. The lowest BCUT2D eigenvalue weighted by molar-refractivity contribution is -0.139. The maximum absolute atomic E-state index is 12.4. The minimum absolute atomic E-state index is 0.287. The van der Waals surface area contributed by atoms with Crippen molar-refractivity contribution in [2.24, 2.45) is 0 Å². The van der Waals surface area contributed by atoms with Gasteiger partial charge in [0.2, 0.25) is 0 Å². The number of amides is 2. The van der Waals surface area contributed by atoms with Crippen molar-refractivity contribution in [1.82, 2.24) is 10.6 Å². The van der Waals surface area contributed by atoms with Crippen LogP contribution in [0.3, 0.4) is 0 Å². The number of fused-ring (bicyclic) bond motifs is 1. The average Bonchev–Trinajstić information content (AvgIpc) is 2.90. The van der Waals surface area contributed by atoms with Crippen LogP contribution in [0.4, 0.5) is 4.79 Å². The fourth-order valence-electron chi connectivity index (χ4n) is 2.96. The molecule has 8 heteroatoms. The van der Waals surface area contributed by atoms with Gasteiger partial charge in [-0.05, 0) is 31.5 Å². The number of ether oxygens (including phenoxy) is 3. The smallest absolute Gasteiger partial charge is 0.337 e. The summed E-state index contributed by atoms with van der Waals surface area (Å²) in [6.07, 6.45) is 1.46. The second-order valence-corrected chi connectivity index (χ2v) is 7.17. The molecule has 0 saturated heterocycles. The van der Waals surface area contributed by atoms with Crippen LogP contribution in [0.25, 0.3) is 0 Å². The van der Waals surface area contributed by atoms with E-state index in [9.17, 15) is 9.59 Å². The molecule has 1 aromatic carbocycles. The molecule has 2 amide bonds. The van der Waals surface area contributed by atoms with Crippen molar-refractivity contribution < 1.29 is 23.8 Å². The molecular weight excluding hydrogens is 368 g/mol. The number of urea groups is 1. The van der Waals surface area contributed by atoms with E-state index in [0.717, 1.165) is 22.8 Å². The second-order valence-electron chi connectivity index (χ2n) is 6.12. The van der Waals surface area contributed by atoms with E-state index in [1.807, 2.05) is 25.1 Å². The summed E-state index contributed by atoms with van der Waals surface area (Å²) >= 11 is 1.52. The molecule has 0 bridgehead atoms. The molecule has 0 unspecified atom stereocenters. The summed E-state index contributed by atoms with van der Waals surface area (Å²) in [6.45, 7) is 5.24. The Kier molecular flexibility index (Phi) is 6.49. The normalized spacial score (nSPS) is 19.0. The summed E-state index contributed by atoms with van der Waals surface area (Å²) < 4.78 is 16.6. The largest absolute Gasteiger partial charge is 0.490 e. The number of nitrogens with one attached hydrogen (secondary N) is 2. The number of carbonyl (C=O) groups is 2. The van der Waals surface area contributed by atoms with Crippen LogP contribution in [0.5, 0.6) is 11.5 Å². The van der Waals surface area contributed by atoms with E-state index >= 15 is 0 Å². The van der Waals surface area contributed by atoms with E-state index in [1.54, 1.807) is 6.92 Å². The fourth-order valence-corrected chi connectivity index (χ4v) is 3.86. The summed E-state index contributed by atoms with van der Waals surface area (Å²) in [5, 5.41) is 5.54. The number of rotatable bonds is 6. The lowest BCUT2D eigenvalue weighted by atomic mass is 10.0. The first-order chi connectivity index (χ1) is 13.1. The van der Waals surface area contributed by atoms with Crippen LogP contribution in [0.1, 0.15) is 26.7 Å². The molecule has 0 aromatic heterocycles. The quantitative estimate of drug-likeness (QED) is 0.572. The summed E-state index contributed by atoms with van der Waals surface area (Å²) in [6, 6.07) is 5.11. The maximum atomic E-state index is 12.4. The molecule has 2 heterocycles. The van der Waals surface area contributed by atoms with E-state index in [2.05, 4.69) is 10.6 Å². The maximum Gasteiger partial charge on any atom is 0.337 e. The van der Waals surface area contributed by atoms with Crippen molar-refractivity contribution in [3.63, 3.8) is 0 Å². The second kappa shape index (κ2) is 9.03. The van der Waals surface area contributed by atoms with Crippen molar-refractivity contribution in [3.05, 3.63) is 29.5 Å². The molecule has 7 nitrogen and oxygen atoms in total. The first-order valence-corrected chi connectivity index (χ1v) is 10.1. The van der Waals surface area contributed by atoms with E-state index < -0.39 is 5.97 Å². The van der Waals surface area contributed by atoms with Gasteiger partial charge in [-0.2, -0.15) is 0 Å². The number of benzene rings is 1. The third-order valence-electron chi connectivity index (χ3n) is 4.25. The van der Waals surface area contributed by atoms with Gasteiger partial charge in [-0.3, -0.25) is 0 Å². The minimum atomic E-state index is -0.397. The lowest BCUT2D eigenvalue weighted by Crippen LogP contribution is -2.50. The van der Waals surface area contributed by atoms with E-state index in [1.165, 1.54) is 11.8 Å². The van der Waals surface area contributed by atoms with Crippen molar-refractivity contribution >= 4 is 23.8 Å². The monoisotopic (exact) mass is 392 g/mol. The molecule has 0 aliphatic carbocycles. The Morgan fingerprint density at radius 2 is 2.04 bits per heavy atom. The first-order valence-electron chi connectivity index (χ1n) is 9.12. The Bertz CT molecular complexity index is 750. The van der Waals surface area contributed by atoms with Gasteiger partial charge < -0.3 is 24.8 Å². The topological polar surface area (TPSA) is 85.9 Å². The van der Waals surface area contributed by atoms with Gasteiger partial charge in [0, 0.05) is 22.8 Å². The highest BCUT2D eigenvalue weighted by Crippen LogP contribution is 2.34. The van der Waals surface area contributed by atoms with E-state index in [4.69, 9.17) is 14.2 Å². The third-order valence-corrected chi connectivity index (χ3v) is 5.27. The Hall–Kier alpha value is -2.35. The molecule has 3 rings (SSSR count). The first kappa shape index (κ1) is 19.4. The SMILES string of the molecule is CCOC(=O)C1=C(CSc2ccc3c(c2)OCCCO3)NC(=O)N[C@H]1CC. The zero-order chi connectivity index (χ0) is 19.2. The van der Waals surface area contributed by atoms with Gasteiger partial charge in [-0.15, -0.1) is 11.8 Å². The van der Waals surface area contributed by atoms with Crippen LogP contribution in [0.15, 0.2) is 34.4 Å². The van der Waals surface area contributed by atoms with Crippen molar-refractivity contribution in [2.75, 3.05) is 25.6 Å². The Morgan fingerprint density at radius 3 is 2.78 bits per heavy atom. The van der Waals surface area contributed by atoms with Crippen molar-refractivity contribution in [2.45, 2.75) is 37.6 Å². The summed E-state index contributed by atoms with van der Waals surface area (Å²) in [7, 11) is 0. The lowest BCUT2D eigenvalue weighted by Gasteiger charge is -2.28. The van der Waals surface area contributed by atoms with Crippen LogP contribution in [0.2, 0.25) is 0 Å². The van der Waals surface area contributed by atoms with Crippen molar-refractivity contribution in [1.29, 1.82) is 0 Å². The molecule has 2 aliphatic rings. The highest BCUT2D eigenvalue weighted by Gasteiger charge is 2.31. The average molecular weight is 392 g/mol. The van der Waals surface area contributed by atoms with Gasteiger partial charge in [0.25, 0.3) is 0 Å². The van der Waals surface area contributed by atoms with Gasteiger partial charge in [0.15, 0.2) is 11.5 Å². The minimum Gasteiger partial charge on any atom is -0.490 e. The predicted octanol–water partition coefficient (Wildman–Crippen LogP) is 2.85. The molecule has 0 spiro atoms. The fraction of sp³-hybridized carbons (Fsp3) is 0.474. The van der Waals surface area contributed by atoms with Crippen LogP contribution in [-0.2, 0) is 9.53 Å². The number of esters is 1. The number of hydrogen-bond donors (Lipinski definition) is 2. The predicted molar refractivity (Wildman–Crippen MR) is 102 cm³/mol. The molecule has 2 aliphatic heterocycles. The number of carbonyl (C=O) groups excluding carboxylic acids is 2. The van der Waals surface area contributed by atoms with Gasteiger partial charge in [0.1, 0.15) is 0 Å². The van der Waals surface area contributed by atoms with Crippen LogP contribution in [0, 0.1) is 0 Å². The van der Waals surface area contributed by atoms with Crippen LogP contribution >= 0.6 is 11.8 Å². The highest BCUT2D eigenvalue weighted by molar-refractivity contribution is 7.99. The summed E-state index contributed by atoms with van der Waals surface area (Å²) in [4.78, 5) is 25.3. The van der Waals surface area contributed by atoms with Crippen molar-refractivity contribution in [3.8, 4) is 11.5 Å². The summed E-state index contributed by atoms with van der Waals surface area (Å²) in [5.41, 5.74) is 1.07. The van der Waals surface area contributed by atoms with Gasteiger partial charge in [0.05, 0.1) is 31.4 Å². The molecule has 146 valence electrons. The summed E-state index contributed by atoms with van der Waals surface area (Å²) in [5.74, 6) is 1.51. The van der Waals surface area contributed by atoms with Gasteiger partial charge >= 0.3 is 12.0 Å². The van der Waals surface area contributed by atoms with Gasteiger partial charge in [-0.1, -0.05) is 6.92 Å². The number of thioether (sulfide) groups is 1. The molecule has 1 aromatic rings. The molecule has 2 N–H and O–H groups in total. The van der Waals surface area contributed by atoms with Gasteiger partial charge in [-0.25, -0.2) is 9.59 Å². The van der Waals surface area contributed by atoms with E-state index in [0.29, 0.717) is 36.7 Å². The molecule has 0 fully saturated rings. The highest BCUT2D eigenvalue weighted by atomic mass is 32.2. The number of hydrogen-bond acceptors (Lipinski definition) is 6. The van der Waals surface area contributed by atoms with Crippen LogP contribution < -0.4 is 20.1 Å². The molecule has 1 atom stereocenters. The molecule has 0 radical (unpaired) electrons.